The van der Waals surface area contributed by atoms with Gasteiger partial charge >= 0.3 is 5.69 Å². The van der Waals surface area contributed by atoms with Crippen molar-refractivity contribution in [1.29, 1.82) is 0 Å². The highest BCUT2D eigenvalue weighted by molar-refractivity contribution is 6.33. The van der Waals surface area contributed by atoms with Gasteiger partial charge in [-0.1, -0.05) is 23.7 Å². The summed E-state index contributed by atoms with van der Waals surface area (Å²) in [4.78, 5) is 22.5. The van der Waals surface area contributed by atoms with Crippen molar-refractivity contribution in [3.05, 3.63) is 57.1 Å². The van der Waals surface area contributed by atoms with E-state index in [1.54, 1.807) is 18.2 Å². The van der Waals surface area contributed by atoms with Gasteiger partial charge in [0.15, 0.2) is 23.4 Å². The number of rotatable bonds is 6. The Labute approximate surface area is 158 Å². The second-order valence-electron chi connectivity index (χ2n) is 5.45. The Kier molecular flexibility index (Phi) is 5.41. The molecule has 1 aliphatic rings. The van der Waals surface area contributed by atoms with Crippen molar-refractivity contribution in [2.75, 3.05) is 6.79 Å². The highest BCUT2D eigenvalue weighted by Crippen LogP contribution is 2.36. The lowest BCUT2D eigenvalue weighted by molar-refractivity contribution is -0.386. The van der Waals surface area contributed by atoms with Gasteiger partial charge in [0.25, 0.3) is 5.91 Å². The molecule has 1 heterocycles. The lowest BCUT2D eigenvalue weighted by Crippen LogP contribution is -2.33. The van der Waals surface area contributed by atoms with Crippen molar-refractivity contribution in [3.63, 3.8) is 0 Å². The molecule has 1 N–H and O–H groups in total. The summed E-state index contributed by atoms with van der Waals surface area (Å²) < 4.78 is 15.8. The maximum atomic E-state index is 12.1. The molecule has 2 aromatic rings. The first-order chi connectivity index (χ1) is 13.0. The van der Waals surface area contributed by atoms with E-state index in [1.165, 1.54) is 31.3 Å². The number of carbonyl (C=O) groups is 1. The van der Waals surface area contributed by atoms with Gasteiger partial charge in [-0.05, 0) is 19.1 Å². The Hall–Kier alpha value is -3.33. The molecule has 3 rings (SSSR count). The fraction of sp³-hybridized carbons (Fsp3) is 0.176. The van der Waals surface area contributed by atoms with E-state index in [9.17, 15) is 14.9 Å². The van der Waals surface area contributed by atoms with E-state index in [1.807, 2.05) is 0 Å². The quantitative estimate of drug-likeness (QED) is 0.460. The molecule has 0 fully saturated rings. The Bertz CT molecular complexity index is 918. The van der Waals surface area contributed by atoms with Crippen LogP contribution in [0.15, 0.2) is 41.5 Å². The Morgan fingerprint density at radius 1 is 1.37 bits per heavy atom. The average molecular weight is 392 g/mol. The first-order valence-electron chi connectivity index (χ1n) is 7.78. The molecule has 1 amide bonds. The van der Waals surface area contributed by atoms with E-state index < -0.39 is 16.9 Å². The number of benzene rings is 2. The molecule has 0 radical (unpaired) electrons. The topological polar surface area (TPSA) is 112 Å². The van der Waals surface area contributed by atoms with Crippen LogP contribution in [0.25, 0.3) is 0 Å². The van der Waals surface area contributed by atoms with Crippen LogP contribution in [0.3, 0.4) is 0 Å². The fourth-order valence-electron chi connectivity index (χ4n) is 2.24. The predicted octanol–water partition coefficient (Wildman–Crippen LogP) is 2.89. The van der Waals surface area contributed by atoms with Crippen molar-refractivity contribution in [2.24, 2.45) is 5.10 Å². The number of para-hydroxylation sites is 2. The summed E-state index contributed by atoms with van der Waals surface area (Å²) in [5.41, 5.74) is 2.59. The van der Waals surface area contributed by atoms with Gasteiger partial charge < -0.3 is 14.2 Å². The number of hydrogen-bond acceptors (Lipinski definition) is 7. The van der Waals surface area contributed by atoms with Crippen molar-refractivity contribution < 1.29 is 23.9 Å². The van der Waals surface area contributed by atoms with Gasteiger partial charge in [0.2, 0.25) is 6.79 Å². The standard InChI is InChI=1S/C17H14ClN3O6/c1-10(27-14-5-3-2-4-13(14)21(23)24)17(22)20-19-8-11-6-15-16(7-12(11)18)26-9-25-15/h2-8,10H,9H2,1H3,(H,20,22)/b19-8+. The number of nitrogens with one attached hydrogen (secondary N) is 1. The SMILES string of the molecule is CC(Oc1ccccc1[N+](=O)[O-])C(=O)N/N=C/c1cc2c(cc1Cl)OCO2. The van der Waals surface area contributed by atoms with E-state index in [0.717, 1.165) is 0 Å². The van der Waals surface area contributed by atoms with Crippen LogP contribution in [0.2, 0.25) is 5.02 Å². The molecule has 1 atom stereocenters. The zero-order valence-corrected chi connectivity index (χ0v) is 14.8. The molecular formula is C17H14ClN3O6. The van der Waals surface area contributed by atoms with E-state index in [2.05, 4.69) is 10.5 Å². The molecule has 0 saturated heterocycles. The summed E-state index contributed by atoms with van der Waals surface area (Å²) in [6.45, 7) is 1.57. The van der Waals surface area contributed by atoms with Crippen LogP contribution in [-0.2, 0) is 4.79 Å². The highest BCUT2D eigenvalue weighted by Gasteiger charge is 2.20. The number of nitro groups is 1. The molecule has 10 heteroatoms. The number of nitro benzene ring substituents is 1. The summed E-state index contributed by atoms with van der Waals surface area (Å²) in [5, 5.41) is 15.2. The zero-order chi connectivity index (χ0) is 19.4. The zero-order valence-electron chi connectivity index (χ0n) is 14.0. The minimum absolute atomic E-state index is 0.00653. The Morgan fingerprint density at radius 2 is 2.07 bits per heavy atom. The summed E-state index contributed by atoms with van der Waals surface area (Å²) in [6.07, 6.45) is 0.343. The number of halogens is 1. The first-order valence-corrected chi connectivity index (χ1v) is 8.15. The second kappa shape index (κ2) is 7.92. The molecule has 0 aliphatic carbocycles. The van der Waals surface area contributed by atoms with Gasteiger partial charge in [-0.25, -0.2) is 5.43 Å². The van der Waals surface area contributed by atoms with Crippen molar-refractivity contribution >= 4 is 29.4 Å². The van der Waals surface area contributed by atoms with E-state index in [0.29, 0.717) is 22.1 Å². The molecule has 1 unspecified atom stereocenters. The molecule has 9 nitrogen and oxygen atoms in total. The van der Waals surface area contributed by atoms with Crippen molar-refractivity contribution in [2.45, 2.75) is 13.0 Å². The largest absolute Gasteiger partial charge is 0.474 e. The number of carbonyl (C=O) groups excluding carboxylic acids is 1. The van der Waals surface area contributed by atoms with Crippen molar-refractivity contribution in [1.82, 2.24) is 5.43 Å². The summed E-state index contributed by atoms with van der Waals surface area (Å²) >= 11 is 6.11. The van der Waals surface area contributed by atoms with Gasteiger partial charge in [-0.3, -0.25) is 14.9 Å². The number of fused-ring (bicyclic) bond motifs is 1. The van der Waals surface area contributed by atoms with E-state index in [-0.39, 0.29) is 18.2 Å². The third kappa shape index (κ3) is 4.26. The minimum Gasteiger partial charge on any atom is -0.474 e. The van der Waals surface area contributed by atoms with Crippen LogP contribution >= 0.6 is 11.6 Å². The van der Waals surface area contributed by atoms with Gasteiger partial charge in [0.05, 0.1) is 16.2 Å². The molecule has 0 saturated carbocycles. The van der Waals surface area contributed by atoms with Crippen LogP contribution in [0, 0.1) is 10.1 Å². The average Bonchev–Trinajstić information content (AvgIpc) is 3.09. The lowest BCUT2D eigenvalue weighted by atomic mass is 10.2. The van der Waals surface area contributed by atoms with E-state index in [4.69, 9.17) is 25.8 Å². The van der Waals surface area contributed by atoms with Crippen LogP contribution < -0.4 is 19.6 Å². The molecule has 140 valence electrons. The van der Waals surface area contributed by atoms with Gasteiger partial charge in [0.1, 0.15) is 0 Å². The number of ether oxygens (including phenoxy) is 3. The highest BCUT2D eigenvalue weighted by atomic mass is 35.5. The summed E-state index contributed by atoms with van der Waals surface area (Å²) in [7, 11) is 0. The van der Waals surface area contributed by atoms with Crippen molar-refractivity contribution in [3.8, 4) is 17.2 Å². The maximum absolute atomic E-state index is 12.1. The normalized spacial score (nSPS) is 13.4. The van der Waals surface area contributed by atoms with Gasteiger partial charge in [-0.15, -0.1) is 0 Å². The van der Waals surface area contributed by atoms with Crippen LogP contribution in [0.4, 0.5) is 5.69 Å². The number of nitrogens with zero attached hydrogens (tertiary/aromatic N) is 2. The maximum Gasteiger partial charge on any atom is 0.310 e. The third-order valence-electron chi connectivity index (χ3n) is 3.61. The number of amides is 1. The molecule has 2 aromatic carbocycles. The number of hydrogen-bond donors (Lipinski definition) is 1. The lowest BCUT2D eigenvalue weighted by Gasteiger charge is -2.12. The smallest absolute Gasteiger partial charge is 0.310 e. The molecule has 1 aliphatic heterocycles. The molecule has 0 bridgehead atoms. The summed E-state index contributed by atoms with van der Waals surface area (Å²) in [6, 6.07) is 9.01. The molecule has 27 heavy (non-hydrogen) atoms. The molecule has 0 aromatic heterocycles. The third-order valence-corrected chi connectivity index (χ3v) is 3.93. The first kappa shape index (κ1) is 18.5. The minimum atomic E-state index is -1.00. The summed E-state index contributed by atoms with van der Waals surface area (Å²) in [5.74, 6) is 0.474. The predicted molar refractivity (Wildman–Crippen MR) is 96.5 cm³/mol. The number of hydrazone groups is 1. The Morgan fingerprint density at radius 3 is 2.81 bits per heavy atom. The van der Waals surface area contributed by atoms with Crippen LogP contribution in [0.1, 0.15) is 12.5 Å². The van der Waals surface area contributed by atoms with Gasteiger partial charge in [0, 0.05) is 17.7 Å². The molecule has 0 spiro atoms. The molecular weight excluding hydrogens is 378 g/mol. The monoisotopic (exact) mass is 391 g/mol. The van der Waals surface area contributed by atoms with Crippen LogP contribution in [-0.4, -0.2) is 29.9 Å². The van der Waals surface area contributed by atoms with Gasteiger partial charge in [-0.2, -0.15) is 5.10 Å². The Balaban J connectivity index is 1.62. The fourth-order valence-corrected chi connectivity index (χ4v) is 2.44. The van der Waals surface area contributed by atoms with Crippen LogP contribution in [0.5, 0.6) is 17.2 Å². The second-order valence-corrected chi connectivity index (χ2v) is 5.85. The van der Waals surface area contributed by atoms with E-state index >= 15 is 0 Å².